The van der Waals surface area contributed by atoms with Crippen molar-refractivity contribution in [2.75, 3.05) is 18.4 Å². The van der Waals surface area contributed by atoms with Crippen LogP contribution in [0.3, 0.4) is 0 Å². The number of sulfonamides is 1. The van der Waals surface area contributed by atoms with Gasteiger partial charge in [0.05, 0.1) is 10.6 Å². The zero-order chi connectivity index (χ0) is 19.6. The van der Waals surface area contributed by atoms with Crippen molar-refractivity contribution < 1.29 is 18.3 Å². The standard InChI is InChI=1S/C19H21ClN2O4S/c1-13-2-5-16(6-3-13)27(25,26)22-10-8-14(9-11-22)19(24)21-17-12-15(20)4-7-18(17)23/h2-7,12,14,23H,8-11H2,1H3,(H,21,24). The molecule has 0 bridgehead atoms. The Morgan fingerprint density at radius 2 is 1.78 bits per heavy atom. The minimum absolute atomic E-state index is 0.0628. The number of halogens is 1. The largest absolute Gasteiger partial charge is 0.506 e. The van der Waals surface area contributed by atoms with Gasteiger partial charge < -0.3 is 10.4 Å². The lowest BCUT2D eigenvalue weighted by atomic mass is 9.97. The topological polar surface area (TPSA) is 86.7 Å². The second-order valence-corrected chi connectivity index (χ2v) is 9.02. The molecule has 2 aromatic rings. The molecule has 0 unspecified atom stereocenters. The number of phenols is 1. The number of amides is 1. The highest BCUT2D eigenvalue weighted by Gasteiger charge is 2.32. The van der Waals surface area contributed by atoms with Crippen LogP contribution in [-0.2, 0) is 14.8 Å². The van der Waals surface area contributed by atoms with E-state index in [4.69, 9.17) is 11.6 Å². The summed E-state index contributed by atoms with van der Waals surface area (Å²) < 4.78 is 26.9. The average Bonchev–Trinajstić information content (AvgIpc) is 2.65. The van der Waals surface area contributed by atoms with E-state index in [1.807, 2.05) is 6.92 Å². The van der Waals surface area contributed by atoms with Crippen LogP contribution in [0.4, 0.5) is 5.69 Å². The molecule has 0 aromatic heterocycles. The van der Waals surface area contributed by atoms with Crippen LogP contribution in [-0.4, -0.2) is 36.8 Å². The maximum Gasteiger partial charge on any atom is 0.243 e. The van der Waals surface area contributed by atoms with Crippen LogP contribution < -0.4 is 5.32 Å². The molecule has 2 aromatic carbocycles. The van der Waals surface area contributed by atoms with E-state index in [9.17, 15) is 18.3 Å². The number of benzene rings is 2. The fraction of sp³-hybridized carbons (Fsp3) is 0.316. The van der Waals surface area contributed by atoms with Gasteiger partial charge in [-0.25, -0.2) is 8.42 Å². The highest BCUT2D eigenvalue weighted by atomic mass is 35.5. The number of anilines is 1. The van der Waals surface area contributed by atoms with Crippen molar-refractivity contribution in [3.8, 4) is 5.75 Å². The van der Waals surface area contributed by atoms with E-state index in [0.717, 1.165) is 5.56 Å². The molecule has 1 aliphatic rings. The first-order valence-electron chi connectivity index (χ1n) is 8.63. The van der Waals surface area contributed by atoms with Crippen LogP contribution >= 0.6 is 11.6 Å². The Bertz CT molecular complexity index is 937. The Morgan fingerprint density at radius 1 is 1.15 bits per heavy atom. The Balaban J connectivity index is 1.63. The van der Waals surface area contributed by atoms with Gasteiger partial charge in [0.15, 0.2) is 0 Å². The normalized spacial score (nSPS) is 16.2. The Morgan fingerprint density at radius 3 is 2.41 bits per heavy atom. The van der Waals surface area contributed by atoms with Crippen LogP contribution in [0.1, 0.15) is 18.4 Å². The lowest BCUT2D eigenvalue weighted by molar-refractivity contribution is -0.120. The molecule has 144 valence electrons. The monoisotopic (exact) mass is 408 g/mol. The van der Waals surface area contributed by atoms with Crippen molar-refractivity contribution in [1.29, 1.82) is 0 Å². The molecule has 27 heavy (non-hydrogen) atoms. The average molecular weight is 409 g/mol. The molecule has 0 aliphatic carbocycles. The number of rotatable bonds is 4. The second-order valence-electron chi connectivity index (χ2n) is 6.64. The Hall–Kier alpha value is -2.09. The molecule has 0 spiro atoms. The van der Waals surface area contributed by atoms with E-state index < -0.39 is 10.0 Å². The smallest absolute Gasteiger partial charge is 0.243 e. The first-order chi connectivity index (χ1) is 12.8. The molecule has 1 saturated heterocycles. The third-order valence-corrected chi connectivity index (χ3v) is 6.85. The quantitative estimate of drug-likeness (QED) is 0.759. The Kier molecular flexibility index (Phi) is 5.74. The molecular weight excluding hydrogens is 388 g/mol. The molecule has 3 rings (SSSR count). The first kappa shape index (κ1) is 19.7. The summed E-state index contributed by atoms with van der Waals surface area (Å²) in [4.78, 5) is 12.7. The SMILES string of the molecule is Cc1ccc(S(=O)(=O)N2CCC(C(=O)Nc3cc(Cl)ccc3O)CC2)cc1. The van der Waals surface area contributed by atoms with Gasteiger partial charge in [0.2, 0.25) is 15.9 Å². The zero-order valence-electron chi connectivity index (χ0n) is 14.9. The summed E-state index contributed by atoms with van der Waals surface area (Å²) in [6.07, 6.45) is 0.830. The molecule has 1 heterocycles. The number of piperidine rings is 1. The predicted octanol–water partition coefficient (Wildman–Crippen LogP) is 3.39. The molecule has 2 N–H and O–H groups in total. The lowest BCUT2D eigenvalue weighted by Crippen LogP contribution is -2.41. The minimum atomic E-state index is -3.55. The van der Waals surface area contributed by atoms with Crippen molar-refractivity contribution in [3.05, 3.63) is 53.1 Å². The number of carbonyl (C=O) groups is 1. The number of nitrogens with one attached hydrogen (secondary N) is 1. The number of carbonyl (C=O) groups excluding carboxylic acids is 1. The molecule has 1 amide bonds. The van der Waals surface area contributed by atoms with Gasteiger partial charge in [0, 0.05) is 24.0 Å². The van der Waals surface area contributed by atoms with Crippen LogP contribution in [0.25, 0.3) is 0 Å². The van der Waals surface area contributed by atoms with E-state index in [1.54, 1.807) is 24.3 Å². The van der Waals surface area contributed by atoms with Crippen LogP contribution in [0.5, 0.6) is 5.75 Å². The van der Waals surface area contributed by atoms with Gasteiger partial charge in [-0.1, -0.05) is 29.3 Å². The van der Waals surface area contributed by atoms with E-state index in [2.05, 4.69) is 5.32 Å². The van der Waals surface area contributed by atoms with Gasteiger partial charge >= 0.3 is 0 Å². The molecule has 8 heteroatoms. The third-order valence-electron chi connectivity index (χ3n) is 4.70. The molecule has 1 aliphatic heterocycles. The van der Waals surface area contributed by atoms with Gasteiger partial charge in [0.1, 0.15) is 5.75 Å². The summed E-state index contributed by atoms with van der Waals surface area (Å²) in [5.74, 6) is -0.639. The summed E-state index contributed by atoms with van der Waals surface area (Å²) in [7, 11) is -3.55. The van der Waals surface area contributed by atoms with Gasteiger partial charge in [-0.05, 0) is 50.1 Å². The fourth-order valence-corrected chi connectivity index (χ4v) is 4.70. The van der Waals surface area contributed by atoms with Crippen LogP contribution in [0.15, 0.2) is 47.4 Å². The van der Waals surface area contributed by atoms with Crippen molar-refractivity contribution >= 4 is 33.2 Å². The molecular formula is C19H21ClN2O4S. The number of aromatic hydroxyl groups is 1. The molecule has 0 atom stereocenters. The van der Waals surface area contributed by atoms with Gasteiger partial charge in [-0.2, -0.15) is 4.31 Å². The van der Waals surface area contributed by atoms with Crippen LogP contribution in [0, 0.1) is 12.8 Å². The van der Waals surface area contributed by atoms with Crippen LogP contribution in [0.2, 0.25) is 5.02 Å². The molecule has 0 radical (unpaired) electrons. The number of phenolic OH excluding ortho intramolecular Hbond substituents is 1. The van der Waals surface area contributed by atoms with Crippen molar-refractivity contribution in [3.63, 3.8) is 0 Å². The predicted molar refractivity (Wildman–Crippen MR) is 104 cm³/mol. The van der Waals surface area contributed by atoms with Gasteiger partial charge in [0.25, 0.3) is 0 Å². The van der Waals surface area contributed by atoms with Crippen molar-refractivity contribution in [2.45, 2.75) is 24.7 Å². The van der Waals surface area contributed by atoms with E-state index >= 15 is 0 Å². The number of hydrogen-bond acceptors (Lipinski definition) is 4. The first-order valence-corrected chi connectivity index (χ1v) is 10.5. The van der Waals surface area contributed by atoms with Crippen molar-refractivity contribution in [2.24, 2.45) is 5.92 Å². The van der Waals surface area contributed by atoms with E-state index in [0.29, 0.717) is 17.9 Å². The summed E-state index contributed by atoms with van der Waals surface area (Å²) in [5.41, 5.74) is 1.25. The fourth-order valence-electron chi connectivity index (χ4n) is 3.06. The third kappa shape index (κ3) is 4.43. The van der Waals surface area contributed by atoms with E-state index in [1.165, 1.54) is 22.5 Å². The summed E-state index contributed by atoms with van der Waals surface area (Å²) >= 11 is 5.89. The summed E-state index contributed by atoms with van der Waals surface area (Å²) in [5, 5.41) is 12.9. The van der Waals surface area contributed by atoms with Gasteiger partial charge in [-0.3, -0.25) is 4.79 Å². The maximum absolute atomic E-state index is 12.7. The lowest BCUT2D eigenvalue weighted by Gasteiger charge is -2.30. The number of aryl methyl sites for hydroxylation is 1. The summed E-state index contributed by atoms with van der Waals surface area (Å²) in [6, 6.07) is 11.2. The van der Waals surface area contributed by atoms with E-state index in [-0.39, 0.29) is 41.2 Å². The zero-order valence-corrected chi connectivity index (χ0v) is 16.4. The van der Waals surface area contributed by atoms with Crippen molar-refractivity contribution in [1.82, 2.24) is 4.31 Å². The molecule has 0 saturated carbocycles. The maximum atomic E-state index is 12.7. The molecule has 1 fully saturated rings. The summed E-state index contributed by atoms with van der Waals surface area (Å²) in [6.45, 7) is 2.45. The Labute approximate surface area is 163 Å². The minimum Gasteiger partial charge on any atom is -0.506 e. The highest BCUT2D eigenvalue weighted by Crippen LogP contribution is 2.29. The number of nitrogens with zero attached hydrogens (tertiary/aromatic N) is 1. The number of hydrogen-bond donors (Lipinski definition) is 2. The second kappa shape index (κ2) is 7.88. The molecule has 6 nitrogen and oxygen atoms in total. The highest BCUT2D eigenvalue weighted by molar-refractivity contribution is 7.89. The van der Waals surface area contributed by atoms with Gasteiger partial charge in [-0.15, -0.1) is 0 Å².